The number of esters is 1. The van der Waals surface area contributed by atoms with Gasteiger partial charge < -0.3 is 19.5 Å². The van der Waals surface area contributed by atoms with Crippen LogP contribution in [0.15, 0.2) is 88.9 Å². The monoisotopic (exact) mass is 726 g/mol. The van der Waals surface area contributed by atoms with Crippen molar-refractivity contribution >= 4 is 23.5 Å². The van der Waals surface area contributed by atoms with Crippen molar-refractivity contribution in [3.63, 3.8) is 0 Å². The molecule has 268 valence electrons. The van der Waals surface area contributed by atoms with E-state index in [1.165, 1.54) is 42.3 Å². The van der Waals surface area contributed by atoms with Gasteiger partial charge in [0.2, 0.25) is 0 Å². The zero-order chi connectivity index (χ0) is 36.3. The number of hydrogen-bond acceptors (Lipinski definition) is 7. The molecule has 0 radical (unpaired) electrons. The molecule has 3 heterocycles. The highest BCUT2D eigenvalue weighted by atomic mass is 32.2. The van der Waals surface area contributed by atoms with Crippen LogP contribution in [0.4, 0.5) is 22.0 Å². The Morgan fingerprint density at radius 2 is 1.78 bits per heavy atom. The quantitative estimate of drug-likeness (QED) is 0.0893. The number of hydrogen-bond donors (Lipinski definition) is 1. The topological polar surface area (TPSA) is 78.8 Å². The molecule has 51 heavy (non-hydrogen) atoms. The summed E-state index contributed by atoms with van der Waals surface area (Å²) < 4.78 is 89.9. The first-order valence-electron chi connectivity index (χ1n) is 16.4. The van der Waals surface area contributed by atoms with Gasteiger partial charge in [-0.05, 0) is 79.9 Å². The molecule has 0 amide bonds. The van der Waals surface area contributed by atoms with Crippen LogP contribution in [-0.4, -0.2) is 29.4 Å². The van der Waals surface area contributed by atoms with Gasteiger partial charge in [0.25, 0.3) is 11.8 Å². The van der Waals surface area contributed by atoms with Gasteiger partial charge in [-0.1, -0.05) is 36.4 Å². The van der Waals surface area contributed by atoms with Crippen LogP contribution in [-0.2, 0) is 31.6 Å². The minimum Gasteiger partial charge on any atom is -0.466 e. The Hall–Kier alpha value is -4.62. The van der Waals surface area contributed by atoms with Crippen LogP contribution in [0.2, 0.25) is 0 Å². The van der Waals surface area contributed by atoms with Crippen LogP contribution in [0.25, 0.3) is 5.76 Å². The third-order valence-corrected chi connectivity index (χ3v) is 10.2. The van der Waals surface area contributed by atoms with E-state index >= 15 is 4.39 Å². The molecule has 3 aromatic carbocycles. The van der Waals surface area contributed by atoms with E-state index in [9.17, 15) is 27.2 Å². The number of rotatable bonds is 12. The van der Waals surface area contributed by atoms with Gasteiger partial charge in [-0.25, -0.2) is 8.78 Å². The summed E-state index contributed by atoms with van der Waals surface area (Å²) in [6, 6.07) is 16.7. The van der Waals surface area contributed by atoms with E-state index in [2.05, 4.69) is 5.32 Å². The molecule has 7 nitrogen and oxygen atoms in total. The molecule has 3 atom stereocenters. The lowest BCUT2D eigenvalue weighted by Gasteiger charge is -2.28. The minimum atomic E-state index is -4.82. The Morgan fingerprint density at radius 1 is 1.04 bits per heavy atom. The molecule has 2 aliphatic heterocycles. The fourth-order valence-electron chi connectivity index (χ4n) is 6.49. The third kappa shape index (κ3) is 7.69. The Bertz CT molecular complexity index is 1980. The molecule has 0 saturated heterocycles. The average Bonchev–Trinajstić information content (AvgIpc) is 3.76. The number of ether oxygens (including phenoxy) is 3. The molecule has 1 aromatic heterocycles. The molecule has 6 rings (SSSR count). The number of pyridine rings is 1. The predicted octanol–water partition coefficient (Wildman–Crippen LogP) is 8.41. The van der Waals surface area contributed by atoms with Gasteiger partial charge in [0.1, 0.15) is 17.9 Å². The lowest BCUT2D eigenvalue weighted by atomic mass is 9.93. The van der Waals surface area contributed by atoms with E-state index in [0.717, 1.165) is 23.8 Å². The molecule has 13 heteroatoms. The predicted molar refractivity (Wildman–Crippen MR) is 182 cm³/mol. The Morgan fingerprint density at radius 3 is 2.49 bits per heavy atom. The normalized spacial score (nSPS) is 17.4. The van der Waals surface area contributed by atoms with Crippen molar-refractivity contribution in [1.29, 1.82) is 0 Å². The number of carbonyl (C=O) groups is 1. The molecule has 0 spiro atoms. The molecule has 2 aliphatic rings. The van der Waals surface area contributed by atoms with E-state index in [0.29, 0.717) is 40.4 Å². The number of halogens is 5. The van der Waals surface area contributed by atoms with E-state index < -0.39 is 59.3 Å². The molecule has 1 N–H and O–H groups in total. The van der Waals surface area contributed by atoms with Gasteiger partial charge >= 0.3 is 12.1 Å². The molecule has 4 aromatic rings. The summed E-state index contributed by atoms with van der Waals surface area (Å²) in [5.41, 5.74) is -0.0442. The molecule has 3 unspecified atom stereocenters. The zero-order valence-corrected chi connectivity index (χ0v) is 28.6. The van der Waals surface area contributed by atoms with E-state index in [1.54, 1.807) is 18.4 Å². The summed E-state index contributed by atoms with van der Waals surface area (Å²) >= 11 is 1.31. The summed E-state index contributed by atoms with van der Waals surface area (Å²) in [6.07, 6.45) is -4.36. The minimum absolute atomic E-state index is 0.0438. The van der Waals surface area contributed by atoms with Gasteiger partial charge in [-0.15, -0.1) is 11.8 Å². The van der Waals surface area contributed by atoms with Crippen LogP contribution in [0.3, 0.4) is 0 Å². The number of thioether (sulfide) groups is 1. The van der Waals surface area contributed by atoms with Gasteiger partial charge in [0.15, 0.2) is 5.76 Å². The van der Waals surface area contributed by atoms with Crippen LogP contribution in [0.5, 0.6) is 0 Å². The maximum Gasteiger partial charge on any atom is 0.416 e. The number of carbonyl (C=O) groups excluding carboxylic acids is 1. The van der Waals surface area contributed by atoms with Gasteiger partial charge in [0, 0.05) is 29.7 Å². The maximum absolute atomic E-state index is 15.3. The second-order valence-electron chi connectivity index (χ2n) is 12.1. The van der Waals surface area contributed by atoms with Crippen molar-refractivity contribution in [3.05, 3.63) is 140 Å². The third-order valence-electron chi connectivity index (χ3n) is 8.93. The number of nitrogens with one attached hydrogen (secondary N) is 1. The zero-order valence-electron chi connectivity index (χ0n) is 27.8. The molecular formula is C38H35F5N2O5S. The largest absolute Gasteiger partial charge is 0.466 e. The van der Waals surface area contributed by atoms with Crippen LogP contribution < -0.4 is 10.9 Å². The van der Waals surface area contributed by atoms with Crippen LogP contribution in [0, 0.1) is 18.6 Å². The van der Waals surface area contributed by atoms with Crippen molar-refractivity contribution in [2.24, 2.45) is 0 Å². The first kappa shape index (κ1) is 36.2. The smallest absolute Gasteiger partial charge is 0.416 e. The van der Waals surface area contributed by atoms with E-state index in [-0.39, 0.29) is 30.3 Å². The van der Waals surface area contributed by atoms with Gasteiger partial charge in [0.05, 0.1) is 34.8 Å². The van der Waals surface area contributed by atoms with E-state index in [4.69, 9.17) is 14.2 Å². The molecular weight excluding hydrogens is 691 g/mol. The highest BCUT2D eigenvalue weighted by molar-refractivity contribution is 7.99. The Labute approximate surface area is 295 Å². The van der Waals surface area contributed by atoms with Crippen molar-refractivity contribution in [1.82, 2.24) is 9.88 Å². The number of benzene rings is 3. The number of fused-ring (bicyclic) bond motifs is 1. The van der Waals surface area contributed by atoms with Gasteiger partial charge in [-0.3, -0.25) is 14.2 Å². The van der Waals surface area contributed by atoms with Crippen molar-refractivity contribution < 1.29 is 41.0 Å². The lowest BCUT2D eigenvalue weighted by molar-refractivity contribution is -0.143. The highest BCUT2D eigenvalue weighted by Crippen LogP contribution is 2.45. The van der Waals surface area contributed by atoms with Crippen molar-refractivity contribution in [2.45, 2.75) is 62.7 Å². The van der Waals surface area contributed by atoms with Crippen LogP contribution >= 0.6 is 11.8 Å². The lowest BCUT2D eigenvalue weighted by Crippen LogP contribution is -2.37. The standard InChI is InChI=1S/C38H35F5N2O5S/c1-3-48-32(46)13-8-18-44-34(23-9-5-4-6-10-23)30-21-51-36-26(19-27-28(38(41,42)43)11-7-12-29(27)40)22(2)33(35(47)45(30)36)31-20-49-37(50-31)24-14-16-25(39)17-15-24/h4-7,9-12,14-17,20,30,34,37,44H,3,8,13,18-19,21H2,1-2H3. The Kier molecular flexibility index (Phi) is 10.9. The summed E-state index contributed by atoms with van der Waals surface area (Å²) in [5.74, 6) is -1.39. The first-order valence-corrected chi connectivity index (χ1v) is 17.4. The maximum atomic E-state index is 15.3. The molecule has 0 saturated carbocycles. The highest BCUT2D eigenvalue weighted by Gasteiger charge is 2.39. The number of aromatic nitrogens is 1. The fourth-order valence-corrected chi connectivity index (χ4v) is 7.92. The second-order valence-corrected chi connectivity index (χ2v) is 13.2. The van der Waals surface area contributed by atoms with E-state index in [1.807, 2.05) is 30.3 Å². The summed E-state index contributed by atoms with van der Waals surface area (Å²) in [4.78, 5) is 26.7. The summed E-state index contributed by atoms with van der Waals surface area (Å²) in [7, 11) is 0. The Balaban J connectivity index is 1.45. The molecule has 0 fully saturated rings. The number of alkyl halides is 3. The molecule has 0 bridgehead atoms. The van der Waals surface area contributed by atoms with Crippen molar-refractivity contribution in [2.75, 3.05) is 18.9 Å². The summed E-state index contributed by atoms with van der Waals surface area (Å²) in [5, 5.41) is 3.92. The van der Waals surface area contributed by atoms with Gasteiger partial charge in [-0.2, -0.15) is 13.2 Å². The first-order chi connectivity index (χ1) is 24.5. The molecule has 0 aliphatic carbocycles. The summed E-state index contributed by atoms with van der Waals surface area (Å²) in [6.45, 7) is 4.01. The fraction of sp³-hybridized carbons (Fsp3) is 0.316. The second kappa shape index (κ2) is 15.3. The van der Waals surface area contributed by atoms with Crippen LogP contribution in [0.1, 0.15) is 77.1 Å². The number of nitrogens with zero attached hydrogens (tertiary/aromatic N) is 1. The average molecular weight is 727 g/mol. The SMILES string of the molecule is CCOC(=O)CCCNC(c1ccccc1)C1CSc2c(Cc3c(F)cccc3C(F)(F)F)c(C)c(C3=COC(c4ccc(F)cc4)O3)c(=O)n21. The van der Waals surface area contributed by atoms with Crippen molar-refractivity contribution in [3.8, 4) is 0 Å².